The maximum absolute atomic E-state index is 8.52. The molecule has 0 saturated carbocycles. The minimum atomic E-state index is 0.653. The van der Waals surface area contributed by atoms with Crippen molar-refractivity contribution in [1.82, 2.24) is 4.90 Å². The monoisotopic (exact) mass is 252 g/mol. The second kappa shape index (κ2) is 6.92. The van der Waals surface area contributed by atoms with E-state index in [9.17, 15) is 0 Å². The number of unbranched alkanes of at least 4 members (excludes halogenated alkanes) is 1. The lowest BCUT2D eigenvalue weighted by Crippen LogP contribution is -2.22. The van der Waals surface area contributed by atoms with Crippen molar-refractivity contribution in [2.24, 2.45) is 0 Å². The fourth-order valence-electron chi connectivity index (χ4n) is 2.25. The Kier molecular flexibility index (Phi) is 4.94. The minimum Gasteiger partial charge on any atom is -0.306 e. The molecular weight excluding hydrogens is 232 g/mol. The fraction of sp³-hybridized carbons (Fsp3) is 0.353. The van der Waals surface area contributed by atoms with Crippen molar-refractivity contribution >= 4 is 10.8 Å². The highest BCUT2D eigenvalue weighted by Crippen LogP contribution is 2.16. The molecule has 2 aromatic carbocycles. The predicted molar refractivity (Wildman–Crippen MR) is 80.0 cm³/mol. The molecule has 2 heteroatoms. The smallest absolute Gasteiger partial charge is 0.0622 e. The average Bonchev–Trinajstić information content (AvgIpc) is 2.45. The topological polar surface area (TPSA) is 27.0 Å². The number of nitriles is 1. The molecule has 0 radical (unpaired) electrons. The van der Waals surface area contributed by atoms with Crippen molar-refractivity contribution in [2.45, 2.75) is 19.3 Å². The molecule has 0 heterocycles. The van der Waals surface area contributed by atoms with Crippen LogP contribution in [0.3, 0.4) is 0 Å². The van der Waals surface area contributed by atoms with Gasteiger partial charge in [-0.3, -0.25) is 0 Å². The lowest BCUT2D eigenvalue weighted by molar-refractivity contribution is 0.335. The Labute approximate surface area is 115 Å². The molecule has 98 valence electrons. The molecule has 0 aromatic heterocycles. The third-order valence-electron chi connectivity index (χ3n) is 3.42. The number of benzene rings is 2. The summed E-state index contributed by atoms with van der Waals surface area (Å²) in [6.45, 7) is 2.05. The summed E-state index contributed by atoms with van der Waals surface area (Å²) in [5.74, 6) is 0. The summed E-state index contributed by atoms with van der Waals surface area (Å²) in [6.07, 6.45) is 2.68. The van der Waals surface area contributed by atoms with Crippen molar-refractivity contribution in [3.63, 3.8) is 0 Å². The Morgan fingerprint density at radius 2 is 1.84 bits per heavy atom. The van der Waals surface area contributed by atoms with E-state index in [0.717, 1.165) is 25.9 Å². The van der Waals surface area contributed by atoms with Gasteiger partial charge < -0.3 is 4.90 Å². The van der Waals surface area contributed by atoms with E-state index in [1.807, 2.05) is 0 Å². The highest BCUT2D eigenvalue weighted by atomic mass is 15.1. The number of likely N-dealkylation sites (N-methyl/N-ethyl adjacent to an activating group) is 1. The summed E-state index contributed by atoms with van der Waals surface area (Å²) in [7, 11) is 2.12. The van der Waals surface area contributed by atoms with Crippen LogP contribution in [-0.4, -0.2) is 25.0 Å². The van der Waals surface area contributed by atoms with Crippen LogP contribution in [0, 0.1) is 11.3 Å². The normalized spacial score (nSPS) is 10.8. The minimum absolute atomic E-state index is 0.653. The van der Waals surface area contributed by atoms with E-state index in [-0.39, 0.29) is 0 Å². The lowest BCUT2D eigenvalue weighted by atomic mass is 10.1. The predicted octanol–water partition coefficient (Wildman–Crippen LogP) is 3.62. The van der Waals surface area contributed by atoms with Gasteiger partial charge >= 0.3 is 0 Å². The SMILES string of the molecule is CN(CCCC#N)CCc1ccc2ccccc2c1. The van der Waals surface area contributed by atoms with Gasteiger partial charge in [0.05, 0.1) is 6.07 Å². The van der Waals surface area contributed by atoms with Crippen LogP contribution in [0.5, 0.6) is 0 Å². The highest BCUT2D eigenvalue weighted by molar-refractivity contribution is 5.82. The summed E-state index contributed by atoms with van der Waals surface area (Å²) in [4.78, 5) is 2.30. The zero-order valence-corrected chi connectivity index (χ0v) is 11.5. The van der Waals surface area contributed by atoms with Gasteiger partial charge in [-0.05, 0) is 42.8 Å². The van der Waals surface area contributed by atoms with Crippen LogP contribution in [-0.2, 0) is 6.42 Å². The van der Waals surface area contributed by atoms with Gasteiger partial charge in [-0.2, -0.15) is 5.26 Å². The standard InChI is InChI=1S/C17H20N2/c1-19(12-5-4-11-18)13-10-15-8-9-16-6-2-3-7-17(16)14-15/h2-3,6-9,14H,4-5,10,12-13H2,1H3. The average molecular weight is 252 g/mol. The maximum atomic E-state index is 8.52. The van der Waals surface area contributed by atoms with E-state index in [1.54, 1.807) is 0 Å². The molecular formula is C17H20N2. The first-order valence-corrected chi connectivity index (χ1v) is 6.83. The molecule has 0 spiro atoms. The third-order valence-corrected chi connectivity index (χ3v) is 3.42. The molecule has 2 rings (SSSR count). The van der Waals surface area contributed by atoms with Gasteiger partial charge in [0.1, 0.15) is 0 Å². The second-order valence-corrected chi connectivity index (χ2v) is 5.00. The van der Waals surface area contributed by atoms with Gasteiger partial charge in [0.25, 0.3) is 0 Å². The largest absolute Gasteiger partial charge is 0.306 e. The van der Waals surface area contributed by atoms with Crippen molar-refractivity contribution in [1.29, 1.82) is 5.26 Å². The summed E-state index contributed by atoms with van der Waals surface area (Å²) in [6, 6.07) is 17.3. The Bertz CT molecular complexity index is 569. The van der Waals surface area contributed by atoms with Crippen molar-refractivity contribution in [3.05, 3.63) is 48.0 Å². The fourth-order valence-corrected chi connectivity index (χ4v) is 2.25. The van der Waals surface area contributed by atoms with E-state index in [4.69, 9.17) is 5.26 Å². The number of rotatable bonds is 6. The van der Waals surface area contributed by atoms with Crippen LogP contribution >= 0.6 is 0 Å². The summed E-state index contributed by atoms with van der Waals surface area (Å²) >= 11 is 0. The number of hydrogen-bond donors (Lipinski definition) is 0. The second-order valence-electron chi connectivity index (χ2n) is 5.00. The van der Waals surface area contributed by atoms with Crippen LogP contribution in [0.15, 0.2) is 42.5 Å². The first-order valence-electron chi connectivity index (χ1n) is 6.83. The molecule has 0 fully saturated rings. The molecule has 0 saturated heterocycles. The molecule has 0 bridgehead atoms. The molecule has 0 aliphatic carbocycles. The lowest BCUT2D eigenvalue weighted by Gasteiger charge is -2.15. The molecule has 2 aromatic rings. The highest BCUT2D eigenvalue weighted by Gasteiger charge is 2.00. The van der Waals surface area contributed by atoms with Gasteiger partial charge in [-0.15, -0.1) is 0 Å². The molecule has 2 nitrogen and oxygen atoms in total. The van der Waals surface area contributed by atoms with Gasteiger partial charge in [0.15, 0.2) is 0 Å². The summed E-state index contributed by atoms with van der Waals surface area (Å²) in [5, 5.41) is 11.1. The van der Waals surface area contributed by atoms with Crippen LogP contribution in [0.25, 0.3) is 10.8 Å². The van der Waals surface area contributed by atoms with Gasteiger partial charge in [-0.1, -0.05) is 42.5 Å². The zero-order chi connectivity index (χ0) is 13.5. The number of fused-ring (bicyclic) bond motifs is 1. The van der Waals surface area contributed by atoms with Crippen LogP contribution in [0.4, 0.5) is 0 Å². The van der Waals surface area contributed by atoms with Crippen molar-refractivity contribution in [2.75, 3.05) is 20.1 Å². The zero-order valence-electron chi connectivity index (χ0n) is 11.5. The number of nitrogens with zero attached hydrogens (tertiary/aromatic N) is 2. The van der Waals surface area contributed by atoms with Gasteiger partial charge in [0.2, 0.25) is 0 Å². The van der Waals surface area contributed by atoms with E-state index < -0.39 is 0 Å². The van der Waals surface area contributed by atoms with Crippen molar-refractivity contribution < 1.29 is 0 Å². The molecule has 0 atom stereocenters. The van der Waals surface area contributed by atoms with Gasteiger partial charge in [-0.25, -0.2) is 0 Å². The molecule has 0 aliphatic rings. The van der Waals surface area contributed by atoms with E-state index >= 15 is 0 Å². The Morgan fingerprint density at radius 3 is 2.63 bits per heavy atom. The maximum Gasteiger partial charge on any atom is 0.0622 e. The molecule has 0 aliphatic heterocycles. The van der Waals surface area contributed by atoms with Gasteiger partial charge in [0, 0.05) is 13.0 Å². The Morgan fingerprint density at radius 1 is 1.05 bits per heavy atom. The molecule has 19 heavy (non-hydrogen) atoms. The molecule has 0 N–H and O–H groups in total. The van der Waals surface area contributed by atoms with E-state index in [2.05, 4.69) is 60.5 Å². The van der Waals surface area contributed by atoms with Crippen LogP contribution < -0.4 is 0 Å². The van der Waals surface area contributed by atoms with Crippen LogP contribution in [0.1, 0.15) is 18.4 Å². The number of hydrogen-bond acceptors (Lipinski definition) is 2. The van der Waals surface area contributed by atoms with Crippen LogP contribution in [0.2, 0.25) is 0 Å². The first kappa shape index (κ1) is 13.6. The Balaban J connectivity index is 1.89. The summed E-state index contributed by atoms with van der Waals surface area (Å²) in [5.41, 5.74) is 1.38. The van der Waals surface area contributed by atoms with Crippen molar-refractivity contribution in [3.8, 4) is 6.07 Å². The Hall–Kier alpha value is -1.85. The third kappa shape index (κ3) is 4.08. The molecule has 0 unspecified atom stereocenters. The van der Waals surface area contributed by atoms with E-state index in [0.29, 0.717) is 6.42 Å². The summed E-state index contributed by atoms with van der Waals surface area (Å²) < 4.78 is 0. The first-order chi connectivity index (χ1) is 9.29. The quantitative estimate of drug-likeness (QED) is 0.734. The molecule has 0 amide bonds. The van der Waals surface area contributed by atoms with E-state index in [1.165, 1.54) is 16.3 Å².